The summed E-state index contributed by atoms with van der Waals surface area (Å²) in [5.41, 5.74) is -0.278. The number of H-pyrrole nitrogens is 1. The average molecular weight is 329 g/mol. The molecule has 1 aliphatic carbocycles. The lowest BCUT2D eigenvalue weighted by atomic mass is 9.84. The van der Waals surface area contributed by atoms with Crippen molar-refractivity contribution in [2.75, 3.05) is 6.54 Å². The zero-order valence-electron chi connectivity index (χ0n) is 13.7. The predicted octanol–water partition coefficient (Wildman–Crippen LogP) is 2.49. The van der Waals surface area contributed by atoms with Crippen LogP contribution in [0, 0.1) is 5.82 Å². The van der Waals surface area contributed by atoms with Crippen molar-refractivity contribution < 1.29 is 9.18 Å². The molecule has 24 heavy (non-hydrogen) atoms. The Bertz CT molecular complexity index is 825. The molecule has 5 nitrogen and oxygen atoms in total. The van der Waals surface area contributed by atoms with Crippen molar-refractivity contribution in [2.45, 2.75) is 38.0 Å². The van der Waals surface area contributed by atoms with E-state index in [0.717, 1.165) is 12.8 Å². The number of nitrogens with one attached hydrogen (secondary N) is 2. The highest BCUT2D eigenvalue weighted by Gasteiger charge is 2.28. The number of aromatic nitrogens is 2. The second-order valence-corrected chi connectivity index (χ2v) is 6.84. The SMILES string of the molecule is CC(C)(CNC(=O)c1cc(=O)[nH]c(C2CC2)n1)c1ccccc1F. The summed E-state index contributed by atoms with van der Waals surface area (Å²) in [5, 5.41) is 2.76. The molecule has 6 heteroatoms. The third kappa shape index (κ3) is 3.53. The van der Waals surface area contributed by atoms with Gasteiger partial charge in [0, 0.05) is 23.9 Å². The van der Waals surface area contributed by atoms with Crippen LogP contribution in [0.15, 0.2) is 35.1 Å². The zero-order valence-corrected chi connectivity index (χ0v) is 13.7. The maximum Gasteiger partial charge on any atom is 0.270 e. The van der Waals surface area contributed by atoms with E-state index >= 15 is 0 Å². The number of rotatable bonds is 5. The number of benzene rings is 1. The Labute approximate surface area is 139 Å². The molecule has 126 valence electrons. The predicted molar refractivity (Wildman–Crippen MR) is 88.6 cm³/mol. The second kappa shape index (κ2) is 6.19. The zero-order chi connectivity index (χ0) is 17.3. The van der Waals surface area contributed by atoms with E-state index in [0.29, 0.717) is 11.4 Å². The lowest BCUT2D eigenvalue weighted by molar-refractivity contribution is 0.0939. The fourth-order valence-corrected chi connectivity index (χ4v) is 2.64. The highest BCUT2D eigenvalue weighted by molar-refractivity contribution is 5.92. The molecule has 0 atom stereocenters. The van der Waals surface area contributed by atoms with E-state index in [1.165, 1.54) is 12.1 Å². The number of carbonyl (C=O) groups excluding carboxylic acids is 1. The minimum atomic E-state index is -0.582. The van der Waals surface area contributed by atoms with Crippen molar-refractivity contribution in [3.63, 3.8) is 0 Å². The maximum atomic E-state index is 14.0. The van der Waals surface area contributed by atoms with Crippen LogP contribution in [0.25, 0.3) is 0 Å². The number of hydrogen-bond donors (Lipinski definition) is 2. The highest BCUT2D eigenvalue weighted by atomic mass is 19.1. The molecule has 0 saturated heterocycles. The van der Waals surface area contributed by atoms with Crippen LogP contribution in [0.1, 0.15) is 54.5 Å². The largest absolute Gasteiger partial charge is 0.350 e. The quantitative estimate of drug-likeness (QED) is 0.885. The van der Waals surface area contributed by atoms with E-state index in [4.69, 9.17) is 0 Å². The number of hydrogen-bond acceptors (Lipinski definition) is 3. The monoisotopic (exact) mass is 329 g/mol. The summed E-state index contributed by atoms with van der Waals surface area (Å²) in [6.45, 7) is 3.94. The molecule has 0 unspecified atom stereocenters. The van der Waals surface area contributed by atoms with E-state index in [-0.39, 0.29) is 29.5 Å². The summed E-state index contributed by atoms with van der Waals surface area (Å²) in [5.74, 6) is 0.0933. The first-order valence-corrected chi connectivity index (χ1v) is 8.01. The van der Waals surface area contributed by atoms with Gasteiger partial charge in [0.15, 0.2) is 0 Å². The van der Waals surface area contributed by atoms with Gasteiger partial charge in [0.2, 0.25) is 0 Å². The Morgan fingerprint density at radius 3 is 2.75 bits per heavy atom. The van der Waals surface area contributed by atoms with Crippen molar-refractivity contribution in [1.82, 2.24) is 15.3 Å². The van der Waals surface area contributed by atoms with Crippen LogP contribution < -0.4 is 10.9 Å². The molecule has 1 saturated carbocycles. The van der Waals surface area contributed by atoms with Crippen LogP contribution >= 0.6 is 0 Å². The lowest BCUT2D eigenvalue weighted by Crippen LogP contribution is -2.38. The van der Waals surface area contributed by atoms with E-state index in [2.05, 4.69) is 15.3 Å². The van der Waals surface area contributed by atoms with E-state index in [1.807, 2.05) is 13.8 Å². The highest BCUT2D eigenvalue weighted by Crippen LogP contribution is 2.37. The molecular formula is C18H20FN3O2. The molecule has 1 aromatic heterocycles. The Balaban J connectivity index is 1.73. The molecule has 2 N–H and O–H groups in total. The Morgan fingerprint density at radius 2 is 2.08 bits per heavy atom. The third-order valence-corrected chi connectivity index (χ3v) is 4.25. The molecule has 0 bridgehead atoms. The van der Waals surface area contributed by atoms with Gasteiger partial charge in [-0.15, -0.1) is 0 Å². The van der Waals surface area contributed by atoms with Gasteiger partial charge in [0.1, 0.15) is 17.3 Å². The first-order valence-electron chi connectivity index (χ1n) is 8.01. The van der Waals surface area contributed by atoms with Gasteiger partial charge in [-0.1, -0.05) is 32.0 Å². The first-order chi connectivity index (χ1) is 11.4. The van der Waals surface area contributed by atoms with Crippen molar-refractivity contribution in [2.24, 2.45) is 0 Å². The molecule has 1 heterocycles. The smallest absolute Gasteiger partial charge is 0.270 e. The number of aromatic amines is 1. The van der Waals surface area contributed by atoms with Crippen molar-refractivity contribution >= 4 is 5.91 Å². The molecule has 1 fully saturated rings. The van der Waals surface area contributed by atoms with Gasteiger partial charge in [0.05, 0.1) is 0 Å². The first kappa shape index (κ1) is 16.4. The molecule has 3 rings (SSSR count). The van der Waals surface area contributed by atoms with Gasteiger partial charge in [-0.05, 0) is 24.5 Å². The lowest BCUT2D eigenvalue weighted by Gasteiger charge is -2.26. The van der Waals surface area contributed by atoms with Gasteiger partial charge in [-0.2, -0.15) is 0 Å². The van der Waals surface area contributed by atoms with Gasteiger partial charge in [-0.3, -0.25) is 9.59 Å². The Kier molecular flexibility index (Phi) is 4.22. The Hall–Kier alpha value is -2.50. The fraction of sp³-hybridized carbons (Fsp3) is 0.389. The van der Waals surface area contributed by atoms with Crippen LogP contribution in [0.4, 0.5) is 4.39 Å². The normalized spacial score (nSPS) is 14.5. The molecule has 1 amide bonds. The number of nitrogens with zero attached hydrogens (tertiary/aromatic N) is 1. The van der Waals surface area contributed by atoms with Crippen LogP contribution in [-0.2, 0) is 5.41 Å². The van der Waals surface area contributed by atoms with Gasteiger partial charge in [-0.25, -0.2) is 9.37 Å². The number of halogens is 1. The Morgan fingerprint density at radius 1 is 1.38 bits per heavy atom. The van der Waals surface area contributed by atoms with Crippen LogP contribution in [0.5, 0.6) is 0 Å². The van der Waals surface area contributed by atoms with Crippen LogP contribution in [0.3, 0.4) is 0 Å². The van der Waals surface area contributed by atoms with Crippen molar-refractivity contribution in [1.29, 1.82) is 0 Å². The molecular weight excluding hydrogens is 309 g/mol. The number of amides is 1. The fourth-order valence-electron chi connectivity index (χ4n) is 2.64. The maximum absolute atomic E-state index is 14.0. The average Bonchev–Trinajstić information content (AvgIpc) is 3.37. The molecule has 0 radical (unpaired) electrons. The molecule has 0 aliphatic heterocycles. The van der Waals surface area contributed by atoms with Gasteiger partial charge < -0.3 is 10.3 Å². The minimum Gasteiger partial charge on any atom is -0.350 e. The van der Waals surface area contributed by atoms with Gasteiger partial charge in [0.25, 0.3) is 11.5 Å². The molecule has 1 aromatic carbocycles. The van der Waals surface area contributed by atoms with Crippen molar-refractivity contribution in [3.05, 3.63) is 63.6 Å². The van der Waals surface area contributed by atoms with E-state index in [1.54, 1.807) is 18.2 Å². The summed E-state index contributed by atoms with van der Waals surface area (Å²) in [6.07, 6.45) is 1.96. The van der Waals surface area contributed by atoms with Crippen LogP contribution in [0.2, 0.25) is 0 Å². The second-order valence-electron chi connectivity index (χ2n) is 6.84. The number of carbonyl (C=O) groups is 1. The summed E-state index contributed by atoms with van der Waals surface area (Å²) in [6, 6.07) is 7.70. The molecule has 0 spiro atoms. The topological polar surface area (TPSA) is 74.8 Å². The summed E-state index contributed by atoms with van der Waals surface area (Å²) in [4.78, 5) is 30.9. The molecule has 1 aliphatic rings. The van der Waals surface area contributed by atoms with Crippen molar-refractivity contribution in [3.8, 4) is 0 Å². The minimum absolute atomic E-state index is 0.102. The van der Waals surface area contributed by atoms with Crippen LogP contribution in [-0.4, -0.2) is 22.4 Å². The van der Waals surface area contributed by atoms with E-state index in [9.17, 15) is 14.0 Å². The van der Waals surface area contributed by atoms with E-state index < -0.39 is 11.3 Å². The summed E-state index contributed by atoms with van der Waals surface area (Å²) in [7, 11) is 0. The summed E-state index contributed by atoms with van der Waals surface area (Å²) >= 11 is 0. The summed E-state index contributed by atoms with van der Waals surface area (Å²) < 4.78 is 14.0. The standard InChI is InChI=1S/C18H20FN3O2/c1-18(2,12-5-3-4-6-13(12)19)10-20-17(24)14-9-15(23)22-16(21-14)11-7-8-11/h3-6,9,11H,7-8,10H2,1-2H3,(H,20,24)(H,21,22,23). The third-order valence-electron chi connectivity index (χ3n) is 4.25. The van der Waals surface area contributed by atoms with Gasteiger partial charge >= 0.3 is 0 Å². The molecule has 2 aromatic rings.